The van der Waals surface area contributed by atoms with Gasteiger partial charge < -0.3 is 5.73 Å². The van der Waals surface area contributed by atoms with Crippen molar-refractivity contribution in [1.82, 2.24) is 4.31 Å². The molecule has 1 aromatic rings. The first-order valence-corrected chi connectivity index (χ1v) is 7.83. The standard InChI is InChI=1S/C10H11Cl2N3O4S/c11-7-1-2-8(9(12)10(7)15(16)17)20(18,19)14-4-3-6(13)5-14/h1-2,6H,3-5,13H2/t6-/m0/s1. The van der Waals surface area contributed by atoms with Crippen molar-refractivity contribution in [2.45, 2.75) is 17.4 Å². The molecule has 2 N–H and O–H groups in total. The first-order valence-electron chi connectivity index (χ1n) is 5.63. The molecule has 1 fully saturated rings. The zero-order chi connectivity index (χ0) is 15.1. The highest BCUT2D eigenvalue weighted by atomic mass is 35.5. The van der Waals surface area contributed by atoms with Gasteiger partial charge in [0, 0.05) is 19.1 Å². The van der Waals surface area contributed by atoms with Gasteiger partial charge in [0.1, 0.15) is 14.9 Å². The van der Waals surface area contributed by atoms with E-state index < -0.39 is 25.7 Å². The SMILES string of the molecule is N[C@H]1CCN(S(=O)(=O)c2ccc(Cl)c([N+](=O)[O-])c2Cl)C1. The minimum atomic E-state index is -3.92. The Morgan fingerprint density at radius 1 is 1.40 bits per heavy atom. The van der Waals surface area contributed by atoms with Crippen molar-refractivity contribution >= 4 is 38.9 Å². The van der Waals surface area contributed by atoms with Crippen LogP contribution in [0.3, 0.4) is 0 Å². The fourth-order valence-electron chi connectivity index (χ4n) is 2.00. The van der Waals surface area contributed by atoms with E-state index in [9.17, 15) is 18.5 Å². The Labute approximate surface area is 125 Å². The van der Waals surface area contributed by atoms with Crippen molar-refractivity contribution in [3.63, 3.8) is 0 Å². The van der Waals surface area contributed by atoms with E-state index in [1.54, 1.807) is 0 Å². The molecule has 0 unspecified atom stereocenters. The molecule has 110 valence electrons. The Balaban J connectivity index is 2.53. The van der Waals surface area contributed by atoms with E-state index in [1.807, 2.05) is 0 Å². The Morgan fingerprint density at radius 2 is 2.05 bits per heavy atom. The molecule has 0 bridgehead atoms. The van der Waals surface area contributed by atoms with Crippen LogP contribution in [0.1, 0.15) is 6.42 Å². The van der Waals surface area contributed by atoms with Crippen LogP contribution in [0.5, 0.6) is 0 Å². The second-order valence-electron chi connectivity index (χ2n) is 4.38. The maximum atomic E-state index is 12.4. The Bertz CT molecular complexity index is 665. The quantitative estimate of drug-likeness (QED) is 0.665. The number of hydrogen-bond acceptors (Lipinski definition) is 5. The summed E-state index contributed by atoms with van der Waals surface area (Å²) in [5.74, 6) is 0. The van der Waals surface area contributed by atoms with Gasteiger partial charge in [-0.3, -0.25) is 10.1 Å². The van der Waals surface area contributed by atoms with Crippen molar-refractivity contribution in [2.75, 3.05) is 13.1 Å². The summed E-state index contributed by atoms with van der Waals surface area (Å²) in [4.78, 5) is 9.77. The van der Waals surface area contributed by atoms with Gasteiger partial charge in [-0.05, 0) is 18.6 Å². The average Bonchev–Trinajstić information content (AvgIpc) is 2.75. The number of rotatable bonds is 3. The number of nitrogens with two attached hydrogens (primary N) is 1. The normalized spacial score (nSPS) is 20.2. The molecule has 1 aromatic carbocycles. The van der Waals surface area contributed by atoms with Crippen LogP contribution in [-0.4, -0.2) is 36.8 Å². The third-order valence-electron chi connectivity index (χ3n) is 3.02. The summed E-state index contributed by atoms with van der Waals surface area (Å²) in [6, 6.07) is 2.07. The molecular formula is C10H11Cl2N3O4S. The Morgan fingerprint density at radius 3 is 2.55 bits per heavy atom. The highest BCUT2D eigenvalue weighted by Crippen LogP contribution is 2.38. The molecule has 0 saturated carbocycles. The van der Waals surface area contributed by atoms with Gasteiger partial charge in [0.2, 0.25) is 10.0 Å². The molecule has 1 aliphatic rings. The first kappa shape index (κ1) is 15.5. The molecule has 0 radical (unpaired) electrons. The molecule has 1 heterocycles. The number of hydrogen-bond donors (Lipinski definition) is 1. The molecule has 2 rings (SSSR count). The second kappa shape index (κ2) is 5.45. The average molecular weight is 340 g/mol. The summed E-state index contributed by atoms with van der Waals surface area (Å²) >= 11 is 11.5. The van der Waals surface area contributed by atoms with Gasteiger partial charge in [0.15, 0.2) is 0 Å². The molecule has 7 nitrogen and oxygen atoms in total. The van der Waals surface area contributed by atoms with E-state index in [-0.39, 0.29) is 29.0 Å². The number of benzene rings is 1. The number of halogens is 2. The monoisotopic (exact) mass is 339 g/mol. The lowest BCUT2D eigenvalue weighted by Crippen LogP contribution is -2.32. The van der Waals surface area contributed by atoms with Gasteiger partial charge in [0.05, 0.1) is 4.92 Å². The topological polar surface area (TPSA) is 107 Å². The first-order chi connectivity index (χ1) is 9.25. The highest BCUT2D eigenvalue weighted by Gasteiger charge is 2.35. The van der Waals surface area contributed by atoms with Crippen LogP contribution in [0.25, 0.3) is 0 Å². The number of nitro benzene ring substituents is 1. The summed E-state index contributed by atoms with van der Waals surface area (Å²) in [5, 5.41) is 10.2. The molecule has 10 heteroatoms. The summed E-state index contributed by atoms with van der Waals surface area (Å²) < 4.78 is 26.0. The van der Waals surface area contributed by atoms with Crippen molar-refractivity contribution in [3.05, 3.63) is 32.3 Å². The predicted octanol–water partition coefficient (Wildman–Crippen LogP) is 1.62. The number of nitrogens with zero attached hydrogens (tertiary/aromatic N) is 2. The minimum Gasteiger partial charge on any atom is -0.326 e. The van der Waals surface area contributed by atoms with E-state index in [0.29, 0.717) is 6.42 Å². The fraction of sp³-hybridized carbons (Fsp3) is 0.400. The lowest BCUT2D eigenvalue weighted by atomic mass is 10.3. The van der Waals surface area contributed by atoms with Crippen LogP contribution < -0.4 is 5.73 Å². The molecule has 1 atom stereocenters. The van der Waals surface area contributed by atoms with Crippen LogP contribution in [0, 0.1) is 10.1 Å². The largest absolute Gasteiger partial charge is 0.326 e. The van der Waals surface area contributed by atoms with E-state index >= 15 is 0 Å². The zero-order valence-electron chi connectivity index (χ0n) is 10.1. The van der Waals surface area contributed by atoms with Crippen molar-refractivity contribution < 1.29 is 13.3 Å². The Kier molecular flexibility index (Phi) is 4.22. The van der Waals surface area contributed by atoms with Crippen molar-refractivity contribution in [3.8, 4) is 0 Å². The van der Waals surface area contributed by atoms with E-state index in [1.165, 1.54) is 0 Å². The molecule has 0 aliphatic carbocycles. The molecular weight excluding hydrogens is 329 g/mol. The van der Waals surface area contributed by atoms with Gasteiger partial charge in [-0.2, -0.15) is 4.31 Å². The van der Waals surface area contributed by atoms with E-state index in [0.717, 1.165) is 16.4 Å². The number of nitro groups is 1. The maximum Gasteiger partial charge on any atom is 0.307 e. The van der Waals surface area contributed by atoms with Crippen LogP contribution in [0.4, 0.5) is 5.69 Å². The molecule has 0 aromatic heterocycles. The molecule has 1 aliphatic heterocycles. The van der Waals surface area contributed by atoms with E-state index in [4.69, 9.17) is 28.9 Å². The van der Waals surface area contributed by atoms with Crippen LogP contribution in [-0.2, 0) is 10.0 Å². The second-order valence-corrected chi connectivity index (χ2v) is 7.07. The van der Waals surface area contributed by atoms with Crippen LogP contribution in [0.2, 0.25) is 10.0 Å². The lowest BCUT2D eigenvalue weighted by molar-refractivity contribution is -0.384. The third-order valence-corrected chi connectivity index (χ3v) is 5.73. The van der Waals surface area contributed by atoms with Gasteiger partial charge in [0.25, 0.3) is 0 Å². The third kappa shape index (κ3) is 2.61. The Hall–Kier alpha value is -0.930. The van der Waals surface area contributed by atoms with Gasteiger partial charge in [-0.15, -0.1) is 0 Å². The van der Waals surface area contributed by atoms with Gasteiger partial charge in [-0.1, -0.05) is 23.2 Å². The molecule has 1 saturated heterocycles. The van der Waals surface area contributed by atoms with E-state index in [2.05, 4.69) is 0 Å². The van der Waals surface area contributed by atoms with Crippen LogP contribution >= 0.6 is 23.2 Å². The molecule has 0 spiro atoms. The summed E-state index contributed by atoms with van der Waals surface area (Å²) in [6.45, 7) is 0.422. The fourth-order valence-corrected chi connectivity index (χ4v) is 4.38. The van der Waals surface area contributed by atoms with Crippen LogP contribution in [0.15, 0.2) is 17.0 Å². The van der Waals surface area contributed by atoms with Gasteiger partial charge in [-0.25, -0.2) is 8.42 Å². The molecule has 0 amide bonds. The van der Waals surface area contributed by atoms with Crippen molar-refractivity contribution in [2.24, 2.45) is 5.73 Å². The lowest BCUT2D eigenvalue weighted by Gasteiger charge is -2.16. The molecule has 20 heavy (non-hydrogen) atoms. The highest BCUT2D eigenvalue weighted by molar-refractivity contribution is 7.89. The zero-order valence-corrected chi connectivity index (χ0v) is 12.5. The predicted molar refractivity (Wildman–Crippen MR) is 74.5 cm³/mol. The minimum absolute atomic E-state index is 0.162. The smallest absolute Gasteiger partial charge is 0.307 e. The van der Waals surface area contributed by atoms with Gasteiger partial charge >= 0.3 is 5.69 Å². The maximum absolute atomic E-state index is 12.4. The summed E-state index contributed by atoms with van der Waals surface area (Å²) in [6.07, 6.45) is 0.534. The summed E-state index contributed by atoms with van der Waals surface area (Å²) in [7, 11) is -3.92. The summed E-state index contributed by atoms with van der Waals surface area (Å²) in [5.41, 5.74) is 5.06. The number of sulfonamides is 1. The van der Waals surface area contributed by atoms with Crippen molar-refractivity contribution in [1.29, 1.82) is 0 Å².